The van der Waals surface area contributed by atoms with Crippen LogP contribution in [0.3, 0.4) is 0 Å². The summed E-state index contributed by atoms with van der Waals surface area (Å²) in [5.74, 6) is 0. The summed E-state index contributed by atoms with van der Waals surface area (Å²) in [7, 11) is 0. The molecule has 2 rings (SSSR count). The van der Waals surface area contributed by atoms with E-state index in [9.17, 15) is 4.79 Å². The Morgan fingerprint density at radius 1 is 1.31 bits per heavy atom. The zero-order valence-electron chi connectivity index (χ0n) is 8.83. The van der Waals surface area contributed by atoms with Gasteiger partial charge in [0, 0.05) is 17.0 Å². The number of H-pyrrole nitrogens is 1. The number of nitrogens with one attached hydrogen (secondary N) is 1. The van der Waals surface area contributed by atoms with Gasteiger partial charge in [-0.15, -0.1) is 0 Å². The lowest BCUT2D eigenvalue weighted by atomic mass is 10.1. The summed E-state index contributed by atoms with van der Waals surface area (Å²) in [5.41, 5.74) is 2.26. The van der Waals surface area contributed by atoms with Crippen molar-refractivity contribution in [3.05, 3.63) is 62.5 Å². The predicted octanol–water partition coefficient (Wildman–Crippen LogP) is 2.32. The van der Waals surface area contributed by atoms with Gasteiger partial charge in [0.1, 0.15) is 0 Å². The number of benzene rings is 1. The maximum atomic E-state index is 11.5. The minimum Gasteiger partial charge on any atom is -0.268 e. The molecule has 0 fully saturated rings. The van der Waals surface area contributed by atoms with E-state index < -0.39 is 0 Å². The van der Waals surface area contributed by atoms with E-state index in [0.29, 0.717) is 17.0 Å². The second kappa shape index (κ2) is 4.49. The zero-order chi connectivity index (χ0) is 11.5. The summed E-state index contributed by atoms with van der Waals surface area (Å²) >= 11 is 6.04. The molecular formula is C12H11ClN2O. The van der Waals surface area contributed by atoms with Gasteiger partial charge in [-0.2, -0.15) is 5.10 Å². The van der Waals surface area contributed by atoms with Crippen LogP contribution in [0.15, 0.2) is 35.1 Å². The molecule has 0 aliphatic rings. The lowest BCUT2D eigenvalue weighted by Crippen LogP contribution is -2.15. The first kappa shape index (κ1) is 10.9. The molecule has 0 aliphatic carbocycles. The van der Waals surface area contributed by atoms with Crippen molar-refractivity contribution in [2.75, 3.05) is 0 Å². The molecule has 0 atom stereocenters. The number of aryl methyl sites for hydroxylation is 1. The lowest BCUT2D eigenvalue weighted by molar-refractivity contribution is 0.913. The van der Waals surface area contributed by atoms with Gasteiger partial charge in [-0.05, 0) is 24.6 Å². The lowest BCUT2D eigenvalue weighted by Gasteiger charge is -2.03. The maximum Gasteiger partial charge on any atom is 0.267 e. The summed E-state index contributed by atoms with van der Waals surface area (Å²) < 4.78 is 0. The molecule has 0 aliphatic heterocycles. The van der Waals surface area contributed by atoms with E-state index in [1.165, 1.54) is 0 Å². The normalized spacial score (nSPS) is 10.4. The number of halogens is 1. The van der Waals surface area contributed by atoms with Gasteiger partial charge in [0.05, 0.1) is 5.69 Å². The highest BCUT2D eigenvalue weighted by Gasteiger charge is 2.05. The van der Waals surface area contributed by atoms with Gasteiger partial charge in [-0.25, -0.2) is 5.10 Å². The van der Waals surface area contributed by atoms with Crippen molar-refractivity contribution in [1.82, 2.24) is 10.2 Å². The van der Waals surface area contributed by atoms with Crippen molar-refractivity contribution >= 4 is 11.6 Å². The minimum atomic E-state index is -0.162. The van der Waals surface area contributed by atoms with Crippen LogP contribution in [0.25, 0.3) is 0 Å². The first-order chi connectivity index (χ1) is 7.66. The Morgan fingerprint density at radius 2 is 2.06 bits per heavy atom. The summed E-state index contributed by atoms with van der Waals surface area (Å²) in [4.78, 5) is 11.5. The molecule has 1 aromatic heterocycles. The average Bonchev–Trinajstić information content (AvgIpc) is 2.27. The topological polar surface area (TPSA) is 45.8 Å². The Bertz CT molecular complexity index is 563. The van der Waals surface area contributed by atoms with E-state index in [2.05, 4.69) is 10.2 Å². The van der Waals surface area contributed by atoms with Crippen LogP contribution >= 0.6 is 11.6 Å². The molecule has 4 heteroatoms. The molecular weight excluding hydrogens is 224 g/mol. The van der Waals surface area contributed by atoms with Crippen LogP contribution in [0.5, 0.6) is 0 Å². The number of hydrogen-bond donors (Lipinski definition) is 1. The Kier molecular flexibility index (Phi) is 3.06. The van der Waals surface area contributed by atoms with Crippen molar-refractivity contribution in [3.63, 3.8) is 0 Å². The van der Waals surface area contributed by atoms with E-state index in [0.717, 1.165) is 11.3 Å². The highest BCUT2D eigenvalue weighted by Crippen LogP contribution is 2.17. The number of nitrogens with zero attached hydrogens (tertiary/aromatic N) is 1. The van der Waals surface area contributed by atoms with E-state index in [4.69, 9.17) is 11.6 Å². The molecule has 82 valence electrons. The van der Waals surface area contributed by atoms with Crippen molar-refractivity contribution < 1.29 is 0 Å². The third kappa shape index (κ3) is 2.31. The Hall–Kier alpha value is -1.61. The molecule has 0 saturated carbocycles. The summed E-state index contributed by atoms with van der Waals surface area (Å²) in [6, 6.07) is 9.29. The third-order valence-corrected chi connectivity index (χ3v) is 2.72. The summed E-state index contributed by atoms with van der Waals surface area (Å²) in [6.07, 6.45) is 0.526. The van der Waals surface area contributed by atoms with Gasteiger partial charge in [0.15, 0.2) is 0 Å². The standard InChI is InChI=1S/C12H11ClN2O/c1-8-6-10(12(16)15-14-8)7-9-4-2-3-5-11(9)13/h2-6H,7H2,1H3,(H,15,16). The summed E-state index contributed by atoms with van der Waals surface area (Å²) in [5, 5.41) is 6.97. The molecule has 1 N–H and O–H groups in total. The number of rotatable bonds is 2. The monoisotopic (exact) mass is 234 g/mol. The van der Waals surface area contributed by atoms with Crippen LogP contribution in [-0.4, -0.2) is 10.2 Å². The fraction of sp³-hybridized carbons (Fsp3) is 0.167. The molecule has 1 aromatic carbocycles. The van der Waals surface area contributed by atoms with Crippen LogP contribution < -0.4 is 5.56 Å². The zero-order valence-corrected chi connectivity index (χ0v) is 9.58. The van der Waals surface area contributed by atoms with Gasteiger partial charge < -0.3 is 0 Å². The van der Waals surface area contributed by atoms with Crippen LogP contribution in [-0.2, 0) is 6.42 Å². The Labute approximate surface area is 98.1 Å². The number of aromatic nitrogens is 2. The third-order valence-electron chi connectivity index (χ3n) is 2.35. The molecule has 2 aromatic rings. The SMILES string of the molecule is Cc1cc(Cc2ccccc2Cl)c(=O)[nH]n1. The van der Waals surface area contributed by atoms with Crippen molar-refractivity contribution in [2.45, 2.75) is 13.3 Å². The van der Waals surface area contributed by atoms with Crippen LogP contribution in [0.1, 0.15) is 16.8 Å². The van der Waals surface area contributed by atoms with E-state index in [-0.39, 0.29) is 5.56 Å². The van der Waals surface area contributed by atoms with E-state index in [1.807, 2.05) is 31.2 Å². The highest BCUT2D eigenvalue weighted by molar-refractivity contribution is 6.31. The summed E-state index contributed by atoms with van der Waals surface area (Å²) in [6.45, 7) is 1.84. The molecule has 0 amide bonds. The quantitative estimate of drug-likeness (QED) is 0.867. The average molecular weight is 235 g/mol. The Balaban J connectivity index is 2.38. The molecule has 0 spiro atoms. The van der Waals surface area contributed by atoms with E-state index >= 15 is 0 Å². The number of hydrogen-bond acceptors (Lipinski definition) is 2. The predicted molar refractivity (Wildman–Crippen MR) is 63.9 cm³/mol. The molecule has 0 saturated heterocycles. The van der Waals surface area contributed by atoms with Gasteiger partial charge in [0.25, 0.3) is 5.56 Å². The van der Waals surface area contributed by atoms with Crippen LogP contribution in [0.4, 0.5) is 0 Å². The second-order valence-electron chi connectivity index (χ2n) is 3.63. The molecule has 3 nitrogen and oxygen atoms in total. The molecule has 1 heterocycles. The first-order valence-electron chi connectivity index (χ1n) is 4.95. The minimum absolute atomic E-state index is 0.162. The molecule has 16 heavy (non-hydrogen) atoms. The van der Waals surface area contributed by atoms with E-state index in [1.54, 1.807) is 6.07 Å². The fourth-order valence-corrected chi connectivity index (χ4v) is 1.74. The molecule has 0 bridgehead atoms. The first-order valence-corrected chi connectivity index (χ1v) is 5.33. The largest absolute Gasteiger partial charge is 0.268 e. The maximum absolute atomic E-state index is 11.5. The van der Waals surface area contributed by atoms with Crippen LogP contribution in [0.2, 0.25) is 5.02 Å². The highest BCUT2D eigenvalue weighted by atomic mass is 35.5. The van der Waals surface area contributed by atoms with Gasteiger partial charge in [-0.3, -0.25) is 4.79 Å². The number of aromatic amines is 1. The van der Waals surface area contributed by atoms with Gasteiger partial charge in [-0.1, -0.05) is 29.8 Å². The van der Waals surface area contributed by atoms with Crippen molar-refractivity contribution in [3.8, 4) is 0 Å². The van der Waals surface area contributed by atoms with Crippen molar-refractivity contribution in [1.29, 1.82) is 0 Å². The fourth-order valence-electron chi connectivity index (χ4n) is 1.54. The second-order valence-corrected chi connectivity index (χ2v) is 4.04. The molecule has 0 unspecified atom stereocenters. The van der Waals surface area contributed by atoms with Gasteiger partial charge >= 0.3 is 0 Å². The molecule has 0 radical (unpaired) electrons. The van der Waals surface area contributed by atoms with Crippen LogP contribution in [0, 0.1) is 6.92 Å². The van der Waals surface area contributed by atoms with Gasteiger partial charge in [0.2, 0.25) is 0 Å². The Morgan fingerprint density at radius 3 is 2.81 bits per heavy atom. The smallest absolute Gasteiger partial charge is 0.267 e. The van der Waals surface area contributed by atoms with Crippen molar-refractivity contribution in [2.24, 2.45) is 0 Å².